The summed E-state index contributed by atoms with van der Waals surface area (Å²) in [5.41, 5.74) is 3.84. The summed E-state index contributed by atoms with van der Waals surface area (Å²) in [4.78, 5) is 16.3. The number of hydrogen-bond acceptors (Lipinski definition) is 4. The van der Waals surface area contributed by atoms with Gasteiger partial charge < -0.3 is 10.7 Å². The van der Waals surface area contributed by atoms with E-state index in [1.165, 1.54) is 19.3 Å². The molecule has 5 nitrogen and oxygen atoms in total. The molecule has 0 aromatic carbocycles. The molecule has 0 spiro atoms. The van der Waals surface area contributed by atoms with Gasteiger partial charge in [-0.25, -0.2) is 10.8 Å². The Kier molecular flexibility index (Phi) is 3.81. The third-order valence-electron chi connectivity index (χ3n) is 3.58. The highest BCUT2D eigenvalue weighted by Gasteiger charge is 2.25. The minimum atomic E-state index is -0.0589. The second kappa shape index (κ2) is 5.35. The molecule has 4 N–H and O–H groups in total. The SMILES string of the molecule is Cc1cc(C(=O)NC(C)C2CCC2)cc(NN)n1. The van der Waals surface area contributed by atoms with Gasteiger partial charge in [0.15, 0.2) is 0 Å². The smallest absolute Gasteiger partial charge is 0.251 e. The zero-order chi connectivity index (χ0) is 13.1. The maximum Gasteiger partial charge on any atom is 0.251 e. The van der Waals surface area contributed by atoms with Gasteiger partial charge in [0.1, 0.15) is 5.82 Å². The summed E-state index contributed by atoms with van der Waals surface area (Å²) in [6.07, 6.45) is 3.71. The molecule has 0 radical (unpaired) electrons. The molecule has 1 unspecified atom stereocenters. The Morgan fingerprint density at radius 3 is 2.78 bits per heavy atom. The first-order valence-corrected chi connectivity index (χ1v) is 6.36. The molecule has 1 atom stereocenters. The molecule has 5 heteroatoms. The number of anilines is 1. The van der Waals surface area contributed by atoms with Gasteiger partial charge in [-0.1, -0.05) is 6.42 Å². The summed E-state index contributed by atoms with van der Waals surface area (Å²) in [5.74, 6) is 6.40. The Morgan fingerprint density at radius 1 is 1.50 bits per heavy atom. The molecule has 1 aliphatic rings. The number of aromatic nitrogens is 1. The van der Waals surface area contributed by atoms with E-state index in [2.05, 4.69) is 22.7 Å². The largest absolute Gasteiger partial charge is 0.349 e. The molecule has 0 saturated heterocycles. The Hall–Kier alpha value is -1.62. The normalized spacial score (nSPS) is 16.8. The molecule has 1 aromatic rings. The Bertz CT molecular complexity index is 443. The van der Waals surface area contributed by atoms with Gasteiger partial charge >= 0.3 is 0 Å². The van der Waals surface area contributed by atoms with Crippen molar-refractivity contribution in [1.82, 2.24) is 10.3 Å². The second-order valence-corrected chi connectivity index (χ2v) is 4.98. The lowest BCUT2D eigenvalue weighted by Crippen LogP contribution is -2.40. The lowest BCUT2D eigenvalue weighted by atomic mass is 9.80. The van der Waals surface area contributed by atoms with E-state index in [1.807, 2.05) is 6.92 Å². The molecule has 98 valence electrons. The van der Waals surface area contributed by atoms with Crippen LogP contribution in [0, 0.1) is 12.8 Å². The summed E-state index contributed by atoms with van der Waals surface area (Å²) < 4.78 is 0. The number of nitrogen functional groups attached to an aromatic ring is 1. The van der Waals surface area contributed by atoms with Crippen LogP contribution in [0.15, 0.2) is 12.1 Å². The van der Waals surface area contributed by atoms with Crippen molar-refractivity contribution in [3.63, 3.8) is 0 Å². The first kappa shape index (κ1) is 12.8. The summed E-state index contributed by atoms with van der Waals surface area (Å²) >= 11 is 0. The van der Waals surface area contributed by atoms with Crippen molar-refractivity contribution in [2.75, 3.05) is 5.43 Å². The zero-order valence-corrected chi connectivity index (χ0v) is 10.9. The third kappa shape index (κ3) is 2.79. The number of pyridine rings is 1. The van der Waals surface area contributed by atoms with Crippen molar-refractivity contribution in [2.24, 2.45) is 11.8 Å². The van der Waals surface area contributed by atoms with E-state index in [-0.39, 0.29) is 11.9 Å². The molecule has 1 saturated carbocycles. The summed E-state index contributed by atoms with van der Waals surface area (Å²) in [6.45, 7) is 3.91. The van der Waals surface area contributed by atoms with Gasteiger partial charge in [-0.15, -0.1) is 0 Å². The van der Waals surface area contributed by atoms with Crippen LogP contribution in [0.5, 0.6) is 0 Å². The van der Waals surface area contributed by atoms with Crippen LogP contribution in [0.4, 0.5) is 5.82 Å². The summed E-state index contributed by atoms with van der Waals surface area (Å²) in [7, 11) is 0. The van der Waals surface area contributed by atoms with Crippen molar-refractivity contribution in [3.05, 3.63) is 23.4 Å². The molecule has 1 amide bonds. The van der Waals surface area contributed by atoms with E-state index in [4.69, 9.17) is 5.84 Å². The van der Waals surface area contributed by atoms with Gasteiger partial charge in [0.2, 0.25) is 0 Å². The quantitative estimate of drug-likeness (QED) is 0.558. The van der Waals surface area contributed by atoms with Gasteiger partial charge in [-0.3, -0.25) is 4.79 Å². The molecule has 0 bridgehead atoms. The second-order valence-electron chi connectivity index (χ2n) is 4.98. The third-order valence-corrected chi connectivity index (χ3v) is 3.58. The molecule has 0 aliphatic heterocycles. The van der Waals surface area contributed by atoms with Crippen LogP contribution in [0.1, 0.15) is 42.2 Å². The predicted molar refractivity (Wildman–Crippen MR) is 71.1 cm³/mol. The Labute approximate surface area is 107 Å². The molecule has 2 rings (SSSR count). The van der Waals surface area contributed by atoms with E-state index in [9.17, 15) is 4.79 Å². The Morgan fingerprint density at radius 2 is 2.22 bits per heavy atom. The van der Waals surface area contributed by atoms with Crippen molar-refractivity contribution >= 4 is 11.7 Å². The first-order chi connectivity index (χ1) is 8.60. The predicted octanol–water partition coefficient (Wildman–Crippen LogP) is 1.59. The van der Waals surface area contributed by atoms with E-state index in [0.717, 1.165) is 5.69 Å². The average molecular weight is 248 g/mol. The number of carbonyl (C=O) groups is 1. The number of carbonyl (C=O) groups excluding carboxylic acids is 1. The maximum absolute atomic E-state index is 12.1. The highest BCUT2D eigenvalue weighted by atomic mass is 16.1. The summed E-state index contributed by atoms with van der Waals surface area (Å²) in [6, 6.07) is 3.66. The number of nitrogens with one attached hydrogen (secondary N) is 2. The van der Waals surface area contributed by atoms with Gasteiger partial charge in [0.05, 0.1) is 0 Å². The van der Waals surface area contributed by atoms with Gasteiger partial charge in [0, 0.05) is 17.3 Å². The minimum absolute atomic E-state index is 0.0589. The summed E-state index contributed by atoms with van der Waals surface area (Å²) in [5, 5.41) is 3.04. The van der Waals surface area contributed by atoms with Crippen LogP contribution in [0.3, 0.4) is 0 Å². The molecule has 1 aromatic heterocycles. The van der Waals surface area contributed by atoms with Crippen LogP contribution < -0.4 is 16.6 Å². The monoisotopic (exact) mass is 248 g/mol. The van der Waals surface area contributed by atoms with E-state index in [1.54, 1.807) is 12.1 Å². The van der Waals surface area contributed by atoms with E-state index < -0.39 is 0 Å². The molecule has 1 fully saturated rings. The number of nitrogens with zero attached hydrogens (tertiary/aromatic N) is 1. The van der Waals surface area contributed by atoms with Gasteiger partial charge in [-0.2, -0.15) is 0 Å². The highest BCUT2D eigenvalue weighted by Crippen LogP contribution is 2.29. The zero-order valence-electron chi connectivity index (χ0n) is 10.9. The van der Waals surface area contributed by atoms with Crippen LogP contribution in [0.2, 0.25) is 0 Å². The van der Waals surface area contributed by atoms with Gasteiger partial charge in [-0.05, 0) is 44.7 Å². The van der Waals surface area contributed by atoms with Crippen LogP contribution in [0.25, 0.3) is 0 Å². The highest BCUT2D eigenvalue weighted by molar-refractivity contribution is 5.95. The average Bonchev–Trinajstić information content (AvgIpc) is 2.25. The van der Waals surface area contributed by atoms with Crippen molar-refractivity contribution in [3.8, 4) is 0 Å². The topological polar surface area (TPSA) is 80.0 Å². The molecule has 18 heavy (non-hydrogen) atoms. The number of hydrazine groups is 1. The minimum Gasteiger partial charge on any atom is -0.349 e. The Balaban J connectivity index is 2.05. The van der Waals surface area contributed by atoms with Crippen molar-refractivity contribution in [2.45, 2.75) is 39.2 Å². The van der Waals surface area contributed by atoms with Crippen molar-refractivity contribution in [1.29, 1.82) is 0 Å². The fourth-order valence-corrected chi connectivity index (χ4v) is 2.22. The number of nitrogens with two attached hydrogens (primary N) is 1. The van der Waals surface area contributed by atoms with Crippen LogP contribution >= 0.6 is 0 Å². The van der Waals surface area contributed by atoms with E-state index >= 15 is 0 Å². The first-order valence-electron chi connectivity index (χ1n) is 6.36. The standard InChI is InChI=1S/C13H20N4O/c1-8-6-11(7-12(15-8)17-14)13(18)16-9(2)10-4-3-5-10/h6-7,9-10H,3-5,14H2,1-2H3,(H,15,17)(H,16,18). The fourth-order valence-electron chi connectivity index (χ4n) is 2.22. The number of aryl methyl sites for hydroxylation is 1. The number of rotatable bonds is 4. The fraction of sp³-hybridized carbons (Fsp3) is 0.538. The lowest BCUT2D eigenvalue weighted by Gasteiger charge is -2.31. The molecule has 1 heterocycles. The number of hydrogen-bond donors (Lipinski definition) is 3. The van der Waals surface area contributed by atoms with Crippen LogP contribution in [-0.2, 0) is 0 Å². The molecule has 1 aliphatic carbocycles. The molecular weight excluding hydrogens is 228 g/mol. The molecular formula is C13H20N4O. The van der Waals surface area contributed by atoms with Crippen LogP contribution in [-0.4, -0.2) is 16.9 Å². The lowest BCUT2D eigenvalue weighted by molar-refractivity contribution is 0.0909. The maximum atomic E-state index is 12.1. The van der Waals surface area contributed by atoms with E-state index in [0.29, 0.717) is 17.3 Å². The number of amides is 1. The van der Waals surface area contributed by atoms with Crippen molar-refractivity contribution < 1.29 is 4.79 Å². The van der Waals surface area contributed by atoms with Gasteiger partial charge in [0.25, 0.3) is 5.91 Å².